The smallest absolute Gasteiger partial charge is 0.275 e. The predicted octanol–water partition coefficient (Wildman–Crippen LogP) is 4.28. The zero-order valence-electron chi connectivity index (χ0n) is 15.6. The number of benzene rings is 2. The van der Waals surface area contributed by atoms with E-state index in [0.717, 1.165) is 29.7 Å². The van der Waals surface area contributed by atoms with Crippen LogP contribution in [0.25, 0.3) is 10.8 Å². The molecule has 1 aliphatic heterocycles. The third kappa shape index (κ3) is 4.01. The first-order valence-electron chi connectivity index (χ1n) is 9.61. The van der Waals surface area contributed by atoms with Gasteiger partial charge in [-0.1, -0.05) is 37.1 Å². The molecule has 144 valence electrons. The first-order chi connectivity index (χ1) is 13.7. The summed E-state index contributed by atoms with van der Waals surface area (Å²) in [5.74, 6) is 0.857. The Balaban J connectivity index is 1.42. The molecule has 1 aromatic heterocycles. The molecule has 0 saturated carbocycles. The molecule has 0 atom stereocenters. The molecule has 2 N–H and O–H groups in total. The molecule has 0 unspecified atom stereocenters. The van der Waals surface area contributed by atoms with E-state index in [1.165, 1.54) is 31.9 Å². The van der Waals surface area contributed by atoms with E-state index < -0.39 is 5.91 Å². The van der Waals surface area contributed by atoms with Crippen LogP contribution in [0.1, 0.15) is 41.8 Å². The molecule has 0 radical (unpaired) electrons. The summed E-state index contributed by atoms with van der Waals surface area (Å²) in [6.07, 6.45) is 6.35. The number of aromatic hydroxyl groups is 1. The molecule has 3 aromatic rings. The van der Waals surface area contributed by atoms with Crippen molar-refractivity contribution in [2.24, 2.45) is 5.10 Å². The average molecular weight is 377 g/mol. The van der Waals surface area contributed by atoms with Crippen molar-refractivity contribution in [1.29, 1.82) is 0 Å². The van der Waals surface area contributed by atoms with Crippen molar-refractivity contribution in [3.63, 3.8) is 0 Å². The molecule has 2 aromatic carbocycles. The van der Waals surface area contributed by atoms with E-state index in [-0.39, 0.29) is 11.3 Å². The van der Waals surface area contributed by atoms with Gasteiger partial charge in [-0.15, -0.1) is 0 Å². The number of anilines is 1. The van der Waals surface area contributed by atoms with E-state index >= 15 is 0 Å². The van der Waals surface area contributed by atoms with E-state index in [1.54, 1.807) is 12.1 Å². The van der Waals surface area contributed by atoms with E-state index in [4.69, 9.17) is 4.42 Å². The number of fused-ring (bicyclic) bond motifs is 1. The molecule has 2 heterocycles. The van der Waals surface area contributed by atoms with E-state index in [0.29, 0.717) is 5.76 Å². The molecule has 1 aliphatic rings. The molecule has 6 heteroatoms. The first-order valence-corrected chi connectivity index (χ1v) is 9.61. The van der Waals surface area contributed by atoms with Gasteiger partial charge in [-0.2, -0.15) is 5.10 Å². The summed E-state index contributed by atoms with van der Waals surface area (Å²) in [6.45, 7) is 2.00. The molecule has 4 rings (SSSR count). The van der Waals surface area contributed by atoms with Gasteiger partial charge < -0.3 is 14.4 Å². The molecule has 1 saturated heterocycles. The van der Waals surface area contributed by atoms with Gasteiger partial charge in [0.2, 0.25) is 0 Å². The number of carbonyl (C=O) groups excluding carboxylic acids is 1. The second-order valence-corrected chi connectivity index (χ2v) is 6.99. The number of rotatable bonds is 4. The summed E-state index contributed by atoms with van der Waals surface area (Å²) < 4.78 is 5.82. The van der Waals surface area contributed by atoms with Crippen LogP contribution in [-0.4, -0.2) is 30.3 Å². The van der Waals surface area contributed by atoms with Crippen LogP contribution in [0.4, 0.5) is 5.88 Å². The zero-order chi connectivity index (χ0) is 19.3. The Hall–Kier alpha value is -3.28. The Bertz CT molecular complexity index is 1000. The van der Waals surface area contributed by atoms with Crippen molar-refractivity contribution in [3.05, 3.63) is 59.9 Å². The highest BCUT2D eigenvalue weighted by Crippen LogP contribution is 2.25. The number of hydrazone groups is 1. The lowest BCUT2D eigenvalue weighted by Gasteiger charge is -2.18. The van der Waals surface area contributed by atoms with Crippen LogP contribution in [0, 0.1) is 0 Å². The van der Waals surface area contributed by atoms with Gasteiger partial charge in [-0.05, 0) is 41.8 Å². The van der Waals surface area contributed by atoms with Gasteiger partial charge in [0.05, 0.1) is 11.8 Å². The van der Waals surface area contributed by atoms with Gasteiger partial charge in [-0.25, -0.2) is 5.43 Å². The van der Waals surface area contributed by atoms with Crippen molar-refractivity contribution in [2.75, 3.05) is 18.0 Å². The monoisotopic (exact) mass is 377 g/mol. The van der Waals surface area contributed by atoms with Crippen LogP contribution in [0.3, 0.4) is 0 Å². The lowest BCUT2D eigenvalue weighted by Crippen LogP contribution is -2.23. The highest BCUT2D eigenvalue weighted by Gasteiger charge is 2.14. The number of furan rings is 1. The Kier molecular flexibility index (Phi) is 5.28. The highest BCUT2D eigenvalue weighted by atomic mass is 16.4. The molecular formula is C22H23N3O3. The van der Waals surface area contributed by atoms with Gasteiger partial charge in [0.1, 0.15) is 11.5 Å². The maximum atomic E-state index is 12.4. The standard InChI is InChI=1S/C22H23N3O3/c26-20-14-17-8-4-3-7-16(17)13-19(20)22(27)24-23-15-18-9-10-21(28-18)25-11-5-1-2-6-12-25/h3-4,7-10,13-15,26H,1-2,5-6,11-12H2,(H,24,27). The van der Waals surface area contributed by atoms with E-state index in [1.807, 2.05) is 36.4 Å². The Morgan fingerprint density at radius 3 is 2.50 bits per heavy atom. The normalized spacial score (nSPS) is 15.1. The lowest BCUT2D eigenvalue weighted by molar-refractivity contribution is 0.0952. The highest BCUT2D eigenvalue weighted by molar-refractivity contribution is 6.01. The van der Waals surface area contributed by atoms with Gasteiger partial charge in [-0.3, -0.25) is 4.79 Å². The van der Waals surface area contributed by atoms with E-state index in [9.17, 15) is 9.90 Å². The minimum atomic E-state index is -0.473. The fourth-order valence-electron chi connectivity index (χ4n) is 3.50. The average Bonchev–Trinajstić information content (AvgIpc) is 3.00. The largest absolute Gasteiger partial charge is 0.507 e. The summed E-state index contributed by atoms with van der Waals surface area (Å²) in [5.41, 5.74) is 2.63. The quantitative estimate of drug-likeness (QED) is 0.525. The number of hydrogen-bond donors (Lipinski definition) is 2. The van der Waals surface area contributed by atoms with Crippen LogP contribution >= 0.6 is 0 Å². The predicted molar refractivity (Wildman–Crippen MR) is 110 cm³/mol. The first kappa shape index (κ1) is 18.1. The number of phenols is 1. The number of amides is 1. The van der Waals surface area contributed by atoms with Gasteiger partial charge in [0.25, 0.3) is 5.91 Å². The number of phenolic OH excluding ortho intramolecular Hbond substituents is 1. The van der Waals surface area contributed by atoms with Crippen LogP contribution in [0.5, 0.6) is 5.75 Å². The third-order valence-electron chi connectivity index (χ3n) is 5.00. The fraction of sp³-hybridized carbons (Fsp3) is 0.273. The van der Waals surface area contributed by atoms with Crippen molar-refractivity contribution >= 4 is 28.8 Å². The van der Waals surface area contributed by atoms with Crippen LogP contribution in [-0.2, 0) is 0 Å². The fourth-order valence-corrected chi connectivity index (χ4v) is 3.50. The number of nitrogens with zero attached hydrogens (tertiary/aromatic N) is 2. The molecule has 0 spiro atoms. The molecule has 1 fully saturated rings. The van der Waals surface area contributed by atoms with Crippen LogP contribution in [0.15, 0.2) is 58.0 Å². The molecular weight excluding hydrogens is 354 g/mol. The Labute approximate surface area is 163 Å². The molecule has 6 nitrogen and oxygen atoms in total. The molecule has 0 bridgehead atoms. The number of carbonyl (C=O) groups is 1. The SMILES string of the molecule is O=C(NN=Cc1ccc(N2CCCCCC2)o1)c1cc2ccccc2cc1O. The Morgan fingerprint density at radius 2 is 1.75 bits per heavy atom. The number of nitrogens with one attached hydrogen (secondary N) is 1. The summed E-state index contributed by atoms with van der Waals surface area (Å²) in [4.78, 5) is 14.6. The van der Waals surface area contributed by atoms with Gasteiger partial charge >= 0.3 is 0 Å². The summed E-state index contributed by atoms with van der Waals surface area (Å²) in [6, 6.07) is 14.5. The second-order valence-electron chi connectivity index (χ2n) is 6.99. The molecule has 0 aliphatic carbocycles. The van der Waals surface area contributed by atoms with Gasteiger partial charge in [0, 0.05) is 19.2 Å². The summed E-state index contributed by atoms with van der Waals surface area (Å²) in [7, 11) is 0. The van der Waals surface area contributed by atoms with Crippen LogP contribution < -0.4 is 10.3 Å². The van der Waals surface area contributed by atoms with Crippen molar-refractivity contribution in [1.82, 2.24) is 5.43 Å². The maximum absolute atomic E-state index is 12.4. The zero-order valence-corrected chi connectivity index (χ0v) is 15.6. The van der Waals surface area contributed by atoms with Crippen LogP contribution in [0.2, 0.25) is 0 Å². The molecule has 28 heavy (non-hydrogen) atoms. The second kappa shape index (κ2) is 8.17. The molecule has 1 amide bonds. The van der Waals surface area contributed by atoms with E-state index in [2.05, 4.69) is 15.4 Å². The lowest BCUT2D eigenvalue weighted by atomic mass is 10.1. The van der Waals surface area contributed by atoms with Crippen molar-refractivity contribution in [2.45, 2.75) is 25.7 Å². The van der Waals surface area contributed by atoms with Crippen molar-refractivity contribution < 1.29 is 14.3 Å². The third-order valence-corrected chi connectivity index (χ3v) is 5.00. The van der Waals surface area contributed by atoms with Gasteiger partial charge in [0.15, 0.2) is 5.88 Å². The minimum Gasteiger partial charge on any atom is -0.507 e. The Morgan fingerprint density at radius 1 is 1.04 bits per heavy atom. The minimum absolute atomic E-state index is 0.0761. The maximum Gasteiger partial charge on any atom is 0.275 e. The summed E-state index contributed by atoms with van der Waals surface area (Å²) >= 11 is 0. The summed E-state index contributed by atoms with van der Waals surface area (Å²) in [5, 5.41) is 15.8. The topological polar surface area (TPSA) is 78.1 Å². The number of hydrogen-bond acceptors (Lipinski definition) is 5. The van der Waals surface area contributed by atoms with Crippen molar-refractivity contribution in [3.8, 4) is 5.75 Å².